The molecule has 0 bridgehead atoms. The van der Waals surface area contributed by atoms with Gasteiger partial charge in [-0.2, -0.15) is 0 Å². The first-order chi connectivity index (χ1) is 14.4. The van der Waals surface area contributed by atoms with Crippen LogP contribution in [0.2, 0.25) is 5.02 Å². The zero-order valence-corrected chi connectivity index (χ0v) is 18.0. The molecule has 7 heteroatoms. The summed E-state index contributed by atoms with van der Waals surface area (Å²) < 4.78 is 10.9. The summed E-state index contributed by atoms with van der Waals surface area (Å²) >= 11 is 6.00. The molecule has 1 heterocycles. The third-order valence-electron chi connectivity index (χ3n) is 4.64. The molecule has 0 unspecified atom stereocenters. The van der Waals surface area contributed by atoms with Crippen molar-refractivity contribution in [1.29, 1.82) is 0 Å². The second kappa shape index (κ2) is 9.78. The number of nitrogens with zero attached hydrogens (tertiary/aromatic N) is 1. The minimum Gasteiger partial charge on any atom is -0.495 e. The van der Waals surface area contributed by atoms with Crippen molar-refractivity contribution in [3.8, 4) is 5.75 Å². The summed E-state index contributed by atoms with van der Waals surface area (Å²) in [5, 5.41) is 3.67. The maximum Gasteiger partial charge on any atom is 0.278 e. The van der Waals surface area contributed by atoms with Crippen LogP contribution in [0.25, 0.3) is 5.57 Å². The summed E-state index contributed by atoms with van der Waals surface area (Å²) in [7, 11) is 1.55. The van der Waals surface area contributed by atoms with E-state index < -0.39 is 0 Å². The van der Waals surface area contributed by atoms with Crippen molar-refractivity contribution in [3.05, 3.63) is 64.8 Å². The van der Waals surface area contributed by atoms with Crippen LogP contribution >= 0.6 is 11.6 Å². The Bertz CT molecular complexity index is 954. The highest BCUT2D eigenvalue weighted by Crippen LogP contribution is 2.33. The third kappa shape index (κ3) is 4.83. The molecule has 0 aromatic heterocycles. The SMILES string of the molecule is COc1ccccc1NC1=C(c2ccc(Cl)cc2)C(=O)N(CCCOC(C)C)C1=O. The summed E-state index contributed by atoms with van der Waals surface area (Å²) in [6, 6.07) is 14.1. The van der Waals surface area contributed by atoms with E-state index in [4.69, 9.17) is 21.1 Å². The van der Waals surface area contributed by atoms with Gasteiger partial charge in [-0.05, 0) is 50.1 Å². The number of halogens is 1. The molecule has 2 amide bonds. The molecule has 0 fully saturated rings. The van der Waals surface area contributed by atoms with Crippen LogP contribution in [0.3, 0.4) is 0 Å². The van der Waals surface area contributed by atoms with Gasteiger partial charge in [0.05, 0.1) is 24.5 Å². The maximum absolute atomic E-state index is 13.2. The predicted molar refractivity (Wildman–Crippen MR) is 117 cm³/mol. The molecule has 2 aromatic carbocycles. The van der Waals surface area contributed by atoms with Crippen molar-refractivity contribution in [2.45, 2.75) is 26.4 Å². The molecule has 1 aliphatic rings. The fourth-order valence-electron chi connectivity index (χ4n) is 3.20. The lowest BCUT2D eigenvalue weighted by Crippen LogP contribution is -2.34. The van der Waals surface area contributed by atoms with Gasteiger partial charge in [0, 0.05) is 18.2 Å². The second-order valence-electron chi connectivity index (χ2n) is 7.12. The summed E-state index contributed by atoms with van der Waals surface area (Å²) in [6.07, 6.45) is 0.659. The fraction of sp³-hybridized carbons (Fsp3) is 0.304. The van der Waals surface area contributed by atoms with Crippen LogP contribution in [-0.4, -0.2) is 43.1 Å². The average Bonchev–Trinajstić information content (AvgIpc) is 2.96. The molecule has 6 nitrogen and oxygen atoms in total. The van der Waals surface area contributed by atoms with Crippen molar-refractivity contribution >= 4 is 34.7 Å². The molecule has 0 radical (unpaired) electrons. The van der Waals surface area contributed by atoms with Crippen LogP contribution in [0.15, 0.2) is 54.2 Å². The van der Waals surface area contributed by atoms with E-state index in [1.54, 1.807) is 43.5 Å². The van der Waals surface area contributed by atoms with E-state index in [9.17, 15) is 9.59 Å². The Morgan fingerprint density at radius 1 is 1.03 bits per heavy atom. The normalized spacial score (nSPS) is 14.1. The molecule has 0 spiro atoms. The number of amides is 2. The maximum atomic E-state index is 13.2. The molecule has 0 saturated heterocycles. The highest BCUT2D eigenvalue weighted by molar-refractivity contribution is 6.37. The Kier molecular flexibility index (Phi) is 7.13. The first-order valence-corrected chi connectivity index (χ1v) is 10.2. The topological polar surface area (TPSA) is 67.9 Å². The molecule has 30 heavy (non-hydrogen) atoms. The number of nitrogens with one attached hydrogen (secondary N) is 1. The van der Waals surface area contributed by atoms with Crippen molar-refractivity contribution in [2.24, 2.45) is 0 Å². The van der Waals surface area contributed by atoms with Crippen LogP contribution in [0, 0.1) is 0 Å². The van der Waals surface area contributed by atoms with Crippen molar-refractivity contribution in [2.75, 3.05) is 25.6 Å². The van der Waals surface area contributed by atoms with E-state index >= 15 is 0 Å². The number of para-hydroxylation sites is 2. The van der Waals surface area contributed by atoms with E-state index in [2.05, 4.69) is 5.32 Å². The zero-order valence-electron chi connectivity index (χ0n) is 17.3. The Hall–Kier alpha value is -2.83. The van der Waals surface area contributed by atoms with Gasteiger partial charge in [-0.1, -0.05) is 35.9 Å². The van der Waals surface area contributed by atoms with Crippen LogP contribution in [0.1, 0.15) is 25.8 Å². The molecule has 0 atom stereocenters. The van der Waals surface area contributed by atoms with Crippen LogP contribution in [-0.2, 0) is 14.3 Å². The third-order valence-corrected chi connectivity index (χ3v) is 4.90. The lowest BCUT2D eigenvalue weighted by Gasteiger charge is -2.16. The summed E-state index contributed by atoms with van der Waals surface area (Å²) in [5.74, 6) is -0.144. The van der Waals surface area contributed by atoms with Gasteiger partial charge in [-0.15, -0.1) is 0 Å². The minimum atomic E-state index is -0.375. The van der Waals surface area contributed by atoms with Crippen LogP contribution < -0.4 is 10.1 Å². The van der Waals surface area contributed by atoms with E-state index in [0.717, 1.165) is 0 Å². The monoisotopic (exact) mass is 428 g/mol. The van der Waals surface area contributed by atoms with E-state index in [0.29, 0.717) is 40.6 Å². The van der Waals surface area contributed by atoms with Gasteiger partial charge in [0.25, 0.3) is 11.8 Å². The first kappa shape index (κ1) is 21.9. The number of benzene rings is 2. The predicted octanol–water partition coefficient (Wildman–Crippen LogP) is 4.36. The zero-order chi connectivity index (χ0) is 21.7. The number of methoxy groups -OCH3 is 1. The summed E-state index contributed by atoms with van der Waals surface area (Å²) in [4.78, 5) is 27.6. The molecular formula is C23H25ClN2O4. The summed E-state index contributed by atoms with van der Waals surface area (Å²) in [5.41, 5.74) is 1.76. The van der Waals surface area contributed by atoms with Gasteiger partial charge in [-0.3, -0.25) is 14.5 Å². The lowest BCUT2D eigenvalue weighted by atomic mass is 10.0. The van der Waals surface area contributed by atoms with Gasteiger partial charge >= 0.3 is 0 Å². The molecule has 0 aliphatic carbocycles. The van der Waals surface area contributed by atoms with Crippen molar-refractivity contribution in [1.82, 2.24) is 4.90 Å². The highest BCUT2D eigenvalue weighted by Gasteiger charge is 2.39. The molecule has 2 aromatic rings. The summed E-state index contributed by atoms with van der Waals surface area (Å²) in [6.45, 7) is 4.64. The van der Waals surface area contributed by atoms with E-state index in [-0.39, 0.29) is 30.2 Å². The number of ether oxygens (including phenoxy) is 2. The first-order valence-electron chi connectivity index (χ1n) is 9.80. The van der Waals surface area contributed by atoms with Crippen LogP contribution in [0.4, 0.5) is 5.69 Å². The quantitative estimate of drug-likeness (QED) is 0.475. The van der Waals surface area contributed by atoms with Gasteiger partial charge in [0.15, 0.2) is 0 Å². The van der Waals surface area contributed by atoms with Crippen molar-refractivity contribution in [3.63, 3.8) is 0 Å². The number of hydrogen-bond donors (Lipinski definition) is 1. The Labute approximate surface area is 181 Å². The number of anilines is 1. The molecule has 158 valence electrons. The Morgan fingerprint density at radius 2 is 1.73 bits per heavy atom. The number of rotatable bonds is 9. The van der Waals surface area contributed by atoms with Crippen molar-refractivity contribution < 1.29 is 19.1 Å². The van der Waals surface area contributed by atoms with E-state index in [1.807, 2.05) is 26.0 Å². The number of carbonyl (C=O) groups is 2. The number of imide groups is 1. The average molecular weight is 429 g/mol. The number of carbonyl (C=O) groups excluding carboxylic acids is 2. The number of hydrogen-bond acceptors (Lipinski definition) is 5. The molecule has 1 N–H and O–H groups in total. The Morgan fingerprint density at radius 3 is 2.40 bits per heavy atom. The van der Waals surface area contributed by atoms with Gasteiger partial charge in [0.1, 0.15) is 11.4 Å². The minimum absolute atomic E-state index is 0.0977. The largest absolute Gasteiger partial charge is 0.495 e. The molecule has 0 saturated carbocycles. The van der Waals surface area contributed by atoms with Gasteiger partial charge < -0.3 is 14.8 Å². The molecular weight excluding hydrogens is 404 g/mol. The van der Waals surface area contributed by atoms with Gasteiger partial charge in [-0.25, -0.2) is 0 Å². The van der Waals surface area contributed by atoms with Crippen LogP contribution in [0.5, 0.6) is 5.75 Å². The second-order valence-corrected chi connectivity index (χ2v) is 7.55. The molecule has 1 aliphatic heterocycles. The van der Waals surface area contributed by atoms with Gasteiger partial charge in [0.2, 0.25) is 0 Å². The highest BCUT2D eigenvalue weighted by atomic mass is 35.5. The smallest absolute Gasteiger partial charge is 0.278 e. The fourth-order valence-corrected chi connectivity index (χ4v) is 3.33. The standard InChI is InChI=1S/C23H25ClN2O4/c1-15(2)30-14-6-13-26-22(27)20(16-9-11-17(24)12-10-16)21(23(26)28)25-18-7-4-5-8-19(18)29-3/h4-5,7-12,15,25H,6,13-14H2,1-3H3. The molecule has 3 rings (SSSR count). The van der Waals surface area contributed by atoms with E-state index in [1.165, 1.54) is 4.90 Å². The lowest BCUT2D eigenvalue weighted by molar-refractivity contribution is -0.137. The Balaban J connectivity index is 1.93.